The third kappa shape index (κ3) is 75.1. The van der Waals surface area contributed by atoms with Crippen LogP contribution in [-0.2, 0) is 21.7 Å². The van der Waals surface area contributed by atoms with Gasteiger partial charge in [0.25, 0.3) is 0 Å². The Morgan fingerprint density at radius 3 is 1.29 bits per heavy atom. The van der Waals surface area contributed by atoms with Gasteiger partial charge in [0.05, 0.1) is 0 Å². The van der Waals surface area contributed by atoms with Crippen molar-refractivity contribution < 1.29 is 21.7 Å². The molecule has 0 saturated heterocycles. The smallest absolute Gasteiger partial charge is 0 e. The van der Waals surface area contributed by atoms with Crippen molar-refractivity contribution in [3.63, 3.8) is 0 Å². The van der Waals surface area contributed by atoms with Crippen LogP contribution in [0.3, 0.4) is 0 Å². The van der Waals surface area contributed by atoms with Crippen molar-refractivity contribution in [3.8, 4) is 0 Å². The summed E-state index contributed by atoms with van der Waals surface area (Å²) in [6.45, 7) is 14.1. The van der Waals surface area contributed by atoms with Gasteiger partial charge in [-0.05, 0) is 11.3 Å². The van der Waals surface area contributed by atoms with Crippen LogP contribution in [0.15, 0.2) is 18.2 Å². The van der Waals surface area contributed by atoms with Crippen LogP contribution in [0.25, 0.3) is 0 Å². The molecule has 0 N–H and O–H groups in total. The molecular weight excluding hydrogens is 354 g/mol. The molecule has 0 spiro atoms. The summed E-state index contributed by atoms with van der Waals surface area (Å²) in [5, 5.41) is 0. The van der Waals surface area contributed by atoms with Gasteiger partial charge in [-0.25, -0.2) is 12.2 Å². The third-order valence-corrected chi connectivity index (χ3v) is 2.59. The van der Waals surface area contributed by atoms with Crippen LogP contribution in [0, 0.1) is 42.7 Å². The second-order valence-electron chi connectivity index (χ2n) is 3.48. The van der Waals surface area contributed by atoms with Crippen LogP contribution < -0.4 is 0 Å². The molecule has 0 heterocycles. The molecule has 0 amide bonds. The van der Waals surface area contributed by atoms with Crippen LogP contribution in [0.4, 0.5) is 0 Å². The van der Waals surface area contributed by atoms with Gasteiger partial charge < -0.3 is 36.6 Å². The monoisotopic (exact) mass is 392 g/mol. The van der Waals surface area contributed by atoms with E-state index in [1.165, 1.54) is 0 Å². The minimum atomic E-state index is 0. The molecule has 0 aliphatic heterocycles. The van der Waals surface area contributed by atoms with E-state index in [0.717, 1.165) is 26.3 Å². The summed E-state index contributed by atoms with van der Waals surface area (Å²) in [4.78, 5) is 0. The summed E-state index contributed by atoms with van der Waals surface area (Å²) in [7, 11) is 1.15. The fourth-order valence-corrected chi connectivity index (χ4v) is 2.34. The molecule has 0 unspecified atom stereocenters. The van der Waals surface area contributed by atoms with Crippen molar-refractivity contribution >= 4 is 33.4 Å². The molecule has 0 aromatic heterocycles. The van der Waals surface area contributed by atoms with Crippen molar-refractivity contribution in [1.29, 1.82) is 0 Å². The molecule has 21 heavy (non-hydrogen) atoms. The fourth-order valence-electron chi connectivity index (χ4n) is 1.01. The Bertz CT molecular complexity index is 143. The summed E-state index contributed by atoms with van der Waals surface area (Å²) in [6.07, 6.45) is 10.0. The molecular formula is C17H39Cl2PTi-6. The van der Waals surface area contributed by atoms with Crippen LogP contribution in [0.1, 0.15) is 41.0 Å². The van der Waals surface area contributed by atoms with Crippen molar-refractivity contribution in [2.45, 2.75) is 52.4 Å². The summed E-state index contributed by atoms with van der Waals surface area (Å²) in [5.41, 5.74) is 1.81. The van der Waals surface area contributed by atoms with E-state index in [-0.39, 0.29) is 76.2 Å². The van der Waals surface area contributed by atoms with E-state index >= 15 is 0 Å². The van der Waals surface area contributed by atoms with E-state index in [2.05, 4.69) is 46.8 Å². The maximum atomic E-state index is 3.25. The van der Waals surface area contributed by atoms with Gasteiger partial charge in [-0.15, -0.1) is 39.8 Å². The molecule has 0 nitrogen and oxygen atoms in total. The average molecular weight is 393 g/mol. The zero-order chi connectivity index (χ0) is 11.4. The quantitative estimate of drug-likeness (QED) is 0.263. The number of allylic oxidation sites excluding steroid dienone is 4. The summed E-state index contributed by atoms with van der Waals surface area (Å²) >= 11 is 0. The van der Waals surface area contributed by atoms with Crippen LogP contribution in [0.2, 0.25) is 0 Å². The predicted octanol–water partition coefficient (Wildman–Crippen LogP) is 7.27. The molecule has 1 aliphatic rings. The zero-order valence-electron chi connectivity index (χ0n) is 15.6. The second-order valence-corrected chi connectivity index (χ2v) is 6.12. The Morgan fingerprint density at radius 1 is 0.905 bits per heavy atom. The molecule has 0 fully saturated rings. The summed E-state index contributed by atoms with van der Waals surface area (Å²) < 4.78 is 0. The van der Waals surface area contributed by atoms with Crippen LogP contribution in [-0.4, -0.2) is 11.3 Å². The van der Waals surface area contributed by atoms with Gasteiger partial charge in [-0.2, -0.15) is 13.0 Å². The van der Waals surface area contributed by atoms with E-state index in [1.807, 2.05) is 12.2 Å². The topological polar surface area (TPSA) is 0 Å². The Morgan fingerprint density at radius 2 is 1.24 bits per heavy atom. The Kier molecular flexibility index (Phi) is 135. The minimum Gasteiger partial charge on any atom is -0.358 e. The Hall–Kier alpha value is 1.20. The first-order valence-electron chi connectivity index (χ1n) is 5.31. The average Bonchev–Trinajstić information content (AvgIpc) is 2.61. The minimum absolute atomic E-state index is 0. The SMILES string of the molecule is CC(C)PC(C)C.Cl.Cl.[C-]1=CC=CC1.[CH2-]C.[CH3-].[CH3-].[CH3-].[CH3-].[Ti]. The zero-order valence-corrected chi connectivity index (χ0v) is 19.8. The first kappa shape index (κ1) is 57.3. The van der Waals surface area contributed by atoms with Gasteiger partial charge in [0.2, 0.25) is 0 Å². The normalized spacial score (nSPS) is 8.19. The van der Waals surface area contributed by atoms with E-state index in [9.17, 15) is 0 Å². The van der Waals surface area contributed by atoms with Gasteiger partial charge in [0, 0.05) is 21.7 Å². The largest absolute Gasteiger partial charge is 0.358 e. The molecule has 0 saturated carbocycles. The van der Waals surface area contributed by atoms with E-state index in [4.69, 9.17) is 0 Å². The molecule has 0 aromatic carbocycles. The van der Waals surface area contributed by atoms with E-state index in [1.54, 1.807) is 6.92 Å². The second kappa shape index (κ2) is 49.6. The number of rotatable bonds is 2. The van der Waals surface area contributed by atoms with Gasteiger partial charge in [0.1, 0.15) is 0 Å². The molecule has 0 atom stereocenters. The Labute approximate surface area is 167 Å². The first-order valence-corrected chi connectivity index (χ1v) is 6.47. The summed E-state index contributed by atoms with van der Waals surface area (Å²) in [5.74, 6) is 0. The summed E-state index contributed by atoms with van der Waals surface area (Å²) in [6, 6.07) is 0. The van der Waals surface area contributed by atoms with Crippen molar-refractivity contribution in [2.24, 2.45) is 0 Å². The van der Waals surface area contributed by atoms with E-state index < -0.39 is 0 Å². The third-order valence-electron chi connectivity index (χ3n) is 1.25. The molecule has 136 valence electrons. The van der Waals surface area contributed by atoms with Gasteiger partial charge in [0.15, 0.2) is 0 Å². The maximum absolute atomic E-state index is 3.25. The number of hydrogen-bond donors (Lipinski definition) is 0. The van der Waals surface area contributed by atoms with Gasteiger partial charge in [-0.3, -0.25) is 6.08 Å². The standard InChI is InChI=1S/C6H15P.C5H5.C2H5.4CH3.2ClH.Ti/c1-5(2)7-6(3)4;1-2-4-5-3-1;1-2;;;;;;;/h5-7H,1-4H3;1-3H,4H2;1H2,2H3;4*1H3;2*1H;/q;6*-1;;;. The number of halogens is 2. The molecule has 0 bridgehead atoms. The molecule has 1 rings (SSSR count). The van der Waals surface area contributed by atoms with Crippen molar-refractivity contribution in [1.82, 2.24) is 0 Å². The molecule has 4 heteroatoms. The van der Waals surface area contributed by atoms with Crippen molar-refractivity contribution in [3.05, 3.63) is 60.9 Å². The Balaban J connectivity index is -0.0000000136. The van der Waals surface area contributed by atoms with Gasteiger partial charge >= 0.3 is 0 Å². The fraction of sp³-hybridized carbons (Fsp3) is 0.471. The number of hydrogen-bond acceptors (Lipinski definition) is 0. The van der Waals surface area contributed by atoms with Crippen molar-refractivity contribution in [2.75, 3.05) is 0 Å². The molecule has 0 radical (unpaired) electrons. The van der Waals surface area contributed by atoms with E-state index in [0.29, 0.717) is 0 Å². The van der Waals surface area contributed by atoms with Gasteiger partial charge in [-0.1, -0.05) is 27.7 Å². The van der Waals surface area contributed by atoms with Crippen LogP contribution >= 0.6 is 33.4 Å². The van der Waals surface area contributed by atoms with Crippen LogP contribution in [0.5, 0.6) is 0 Å². The molecule has 1 aliphatic carbocycles. The predicted molar refractivity (Wildman–Crippen MR) is 111 cm³/mol. The first-order chi connectivity index (χ1) is 6.63. The maximum Gasteiger partial charge on any atom is 0 e. The molecule has 0 aromatic rings.